The molecule has 2 heterocycles. The molecule has 2 atom stereocenters. The Labute approximate surface area is 127 Å². The summed E-state index contributed by atoms with van der Waals surface area (Å²) >= 11 is 0. The second-order valence-electron chi connectivity index (χ2n) is 5.40. The highest BCUT2D eigenvalue weighted by Crippen LogP contribution is 2.19. The molecular weight excluding hydrogens is 286 g/mol. The van der Waals surface area contributed by atoms with Crippen LogP contribution in [0.3, 0.4) is 0 Å². The molecule has 0 radical (unpaired) electrons. The first kappa shape index (κ1) is 14.6. The van der Waals surface area contributed by atoms with Gasteiger partial charge in [0.2, 0.25) is 11.8 Å². The maximum atomic E-state index is 12.3. The lowest BCUT2D eigenvalue weighted by Gasteiger charge is -2.27. The Morgan fingerprint density at radius 2 is 2.27 bits per heavy atom. The van der Waals surface area contributed by atoms with E-state index in [1.54, 1.807) is 24.3 Å². The van der Waals surface area contributed by atoms with Crippen LogP contribution >= 0.6 is 0 Å². The van der Waals surface area contributed by atoms with Crippen molar-refractivity contribution in [2.75, 3.05) is 19.7 Å². The van der Waals surface area contributed by atoms with Crippen LogP contribution in [0.25, 0.3) is 0 Å². The van der Waals surface area contributed by atoms with Gasteiger partial charge in [-0.05, 0) is 18.9 Å². The number of rotatable bonds is 4. The summed E-state index contributed by atoms with van der Waals surface area (Å²) in [6.07, 6.45) is 8.68. The van der Waals surface area contributed by atoms with Gasteiger partial charge in [-0.3, -0.25) is 14.5 Å². The van der Waals surface area contributed by atoms with E-state index in [0.29, 0.717) is 18.9 Å². The summed E-state index contributed by atoms with van der Waals surface area (Å²) in [6.45, 7) is 0.799. The lowest BCUT2D eigenvalue weighted by Crippen LogP contribution is -2.50. The third kappa shape index (κ3) is 2.99. The van der Waals surface area contributed by atoms with Gasteiger partial charge in [-0.1, -0.05) is 18.2 Å². The van der Waals surface area contributed by atoms with Crippen LogP contribution in [0.5, 0.6) is 0 Å². The molecule has 0 spiro atoms. The predicted octanol–water partition coefficient (Wildman–Crippen LogP) is 0.427. The summed E-state index contributed by atoms with van der Waals surface area (Å²) in [6, 6.07) is -0.691. The number of allylic oxidation sites excluding steroid dienone is 3. The summed E-state index contributed by atoms with van der Waals surface area (Å²) < 4.78 is 5.41. The van der Waals surface area contributed by atoms with Crippen molar-refractivity contribution >= 4 is 23.6 Å². The Bertz CT molecular complexity index is 588. The average molecular weight is 303 g/mol. The van der Waals surface area contributed by atoms with Crippen LogP contribution in [0.1, 0.15) is 12.8 Å². The fourth-order valence-corrected chi connectivity index (χ4v) is 2.66. The van der Waals surface area contributed by atoms with Gasteiger partial charge in [0.1, 0.15) is 6.54 Å². The van der Waals surface area contributed by atoms with Gasteiger partial charge in [0.25, 0.3) is 0 Å². The van der Waals surface area contributed by atoms with Crippen molar-refractivity contribution in [1.82, 2.24) is 10.2 Å². The second-order valence-corrected chi connectivity index (χ2v) is 5.40. The number of amides is 4. The van der Waals surface area contributed by atoms with Crippen molar-refractivity contribution in [3.8, 4) is 0 Å². The molecule has 3 aliphatic rings. The molecule has 0 aromatic carbocycles. The molecule has 7 heteroatoms. The van der Waals surface area contributed by atoms with Crippen molar-refractivity contribution in [1.29, 1.82) is 0 Å². The van der Waals surface area contributed by atoms with E-state index in [0.717, 1.165) is 17.7 Å². The molecule has 7 nitrogen and oxygen atoms in total. The number of imide groups is 1. The average Bonchev–Trinajstić information content (AvgIpc) is 3.03. The minimum atomic E-state index is -0.691. The number of carbonyl (C=O) groups excluding carboxylic acids is 3. The minimum Gasteiger partial charge on any atom is -0.376 e. The number of urea groups is 1. The largest absolute Gasteiger partial charge is 0.376 e. The van der Waals surface area contributed by atoms with Crippen LogP contribution in [0.2, 0.25) is 0 Å². The molecule has 1 N–H and O–H groups in total. The lowest BCUT2D eigenvalue weighted by molar-refractivity contribution is -0.134. The van der Waals surface area contributed by atoms with E-state index in [1.807, 2.05) is 0 Å². The third-order valence-corrected chi connectivity index (χ3v) is 3.84. The Kier molecular flexibility index (Phi) is 4.15. The van der Waals surface area contributed by atoms with Crippen LogP contribution in [-0.2, 0) is 14.3 Å². The number of hydrogen-bond acceptors (Lipinski definition) is 4. The van der Waals surface area contributed by atoms with E-state index in [-0.39, 0.29) is 18.6 Å². The number of ether oxygens (including phenoxy) is 1. The van der Waals surface area contributed by atoms with Gasteiger partial charge in [-0.2, -0.15) is 4.99 Å². The molecule has 1 saturated heterocycles. The summed E-state index contributed by atoms with van der Waals surface area (Å²) in [5.74, 6) is -1.37. The number of hydrogen-bond donors (Lipinski definition) is 1. The molecule has 116 valence electrons. The molecule has 4 amide bonds. The molecule has 2 aliphatic heterocycles. The lowest BCUT2D eigenvalue weighted by atomic mass is 9.95. The maximum absolute atomic E-state index is 12.3. The quantitative estimate of drug-likeness (QED) is 0.815. The van der Waals surface area contributed by atoms with Gasteiger partial charge in [0, 0.05) is 13.2 Å². The van der Waals surface area contributed by atoms with Crippen molar-refractivity contribution in [3.05, 3.63) is 24.3 Å². The summed E-state index contributed by atoms with van der Waals surface area (Å²) in [5.41, 5.74) is 0.425. The van der Waals surface area contributed by atoms with E-state index in [9.17, 15) is 14.4 Å². The van der Waals surface area contributed by atoms with Crippen LogP contribution in [-0.4, -0.2) is 54.3 Å². The number of carbonyl (C=O) groups is 3. The predicted molar refractivity (Wildman–Crippen MR) is 78.3 cm³/mol. The zero-order chi connectivity index (χ0) is 15.5. The number of fused-ring (bicyclic) bond motifs is 1. The Hall–Kier alpha value is -2.28. The van der Waals surface area contributed by atoms with E-state index in [2.05, 4.69) is 10.3 Å². The first-order valence-electron chi connectivity index (χ1n) is 7.32. The second kappa shape index (κ2) is 6.23. The van der Waals surface area contributed by atoms with Gasteiger partial charge < -0.3 is 10.1 Å². The number of nitrogens with zero attached hydrogens (tertiary/aromatic N) is 2. The molecule has 0 bridgehead atoms. The smallest absolute Gasteiger partial charge is 0.351 e. The Morgan fingerprint density at radius 3 is 3.05 bits per heavy atom. The molecule has 2 unspecified atom stereocenters. The van der Waals surface area contributed by atoms with E-state index < -0.39 is 17.9 Å². The third-order valence-electron chi connectivity index (χ3n) is 3.84. The maximum Gasteiger partial charge on any atom is 0.351 e. The standard InChI is InChI=1S/C15H17N3O4/c19-13(16-8-10-4-3-7-22-10)9-18-14(20)11-5-1-2-6-12(11)17-15(18)21/h1-2,5-6,10-11H,3-4,7-9H2,(H,16,19). The monoisotopic (exact) mass is 303 g/mol. The minimum absolute atomic E-state index is 0.0211. The van der Waals surface area contributed by atoms with Crippen LogP contribution in [0.15, 0.2) is 29.3 Å². The van der Waals surface area contributed by atoms with Gasteiger partial charge in [-0.25, -0.2) is 4.79 Å². The fraction of sp³-hybridized carbons (Fsp3) is 0.467. The van der Waals surface area contributed by atoms with Crippen LogP contribution < -0.4 is 5.32 Å². The highest BCUT2D eigenvalue weighted by atomic mass is 16.5. The van der Waals surface area contributed by atoms with Crippen molar-refractivity contribution in [2.24, 2.45) is 10.9 Å². The molecular formula is C15H17N3O4. The normalized spacial score (nSPS) is 26.9. The molecule has 1 fully saturated rings. The summed E-state index contributed by atoms with van der Waals surface area (Å²) in [7, 11) is 0. The number of nitrogens with one attached hydrogen (secondary N) is 1. The van der Waals surface area contributed by atoms with Crippen LogP contribution in [0.4, 0.5) is 4.79 Å². The van der Waals surface area contributed by atoms with Crippen molar-refractivity contribution < 1.29 is 19.1 Å². The first-order valence-corrected chi connectivity index (χ1v) is 7.32. The highest BCUT2D eigenvalue weighted by molar-refractivity contribution is 6.22. The summed E-state index contributed by atoms with van der Waals surface area (Å²) in [5, 5.41) is 2.69. The zero-order valence-corrected chi connectivity index (χ0v) is 12.0. The van der Waals surface area contributed by atoms with Crippen molar-refractivity contribution in [3.63, 3.8) is 0 Å². The highest BCUT2D eigenvalue weighted by Gasteiger charge is 2.36. The molecule has 0 aromatic heterocycles. The van der Waals surface area contributed by atoms with E-state index >= 15 is 0 Å². The summed E-state index contributed by atoms with van der Waals surface area (Å²) in [4.78, 5) is 40.9. The first-order chi connectivity index (χ1) is 10.6. The Morgan fingerprint density at radius 1 is 1.41 bits per heavy atom. The molecule has 1 aliphatic carbocycles. The van der Waals surface area contributed by atoms with Crippen molar-refractivity contribution in [2.45, 2.75) is 18.9 Å². The van der Waals surface area contributed by atoms with E-state index in [4.69, 9.17) is 4.74 Å². The van der Waals surface area contributed by atoms with Gasteiger partial charge in [0.15, 0.2) is 0 Å². The van der Waals surface area contributed by atoms with E-state index in [1.165, 1.54) is 0 Å². The molecule has 22 heavy (non-hydrogen) atoms. The van der Waals surface area contributed by atoms with Gasteiger partial charge >= 0.3 is 6.03 Å². The molecule has 3 rings (SSSR count). The zero-order valence-electron chi connectivity index (χ0n) is 12.0. The molecule has 0 aromatic rings. The number of aliphatic imine (C=N–C) groups is 1. The van der Waals surface area contributed by atoms with Gasteiger partial charge in [-0.15, -0.1) is 0 Å². The fourth-order valence-electron chi connectivity index (χ4n) is 2.66. The topological polar surface area (TPSA) is 88.1 Å². The molecule has 0 saturated carbocycles. The van der Waals surface area contributed by atoms with Crippen LogP contribution in [0, 0.1) is 5.92 Å². The van der Waals surface area contributed by atoms with Gasteiger partial charge in [0.05, 0.1) is 17.7 Å². The SMILES string of the molecule is O=C(CN1C(=O)N=C2C=CC=CC2C1=O)NCC1CCCO1. The Balaban J connectivity index is 1.59.